The summed E-state index contributed by atoms with van der Waals surface area (Å²) in [5.41, 5.74) is 8.09. The van der Waals surface area contributed by atoms with E-state index in [1.54, 1.807) is 11.3 Å². The Morgan fingerprint density at radius 2 is 2.05 bits per heavy atom. The predicted octanol–water partition coefficient (Wildman–Crippen LogP) is 2.51. The van der Waals surface area contributed by atoms with Gasteiger partial charge in [0.15, 0.2) is 0 Å². The molecule has 0 radical (unpaired) electrons. The third-order valence-corrected chi connectivity index (χ3v) is 4.50. The van der Waals surface area contributed by atoms with Crippen molar-refractivity contribution in [1.82, 2.24) is 10.3 Å². The van der Waals surface area contributed by atoms with E-state index in [9.17, 15) is 4.79 Å². The van der Waals surface area contributed by atoms with Crippen molar-refractivity contribution in [3.05, 3.63) is 51.5 Å². The molecule has 1 unspecified atom stereocenters. The molecule has 1 atom stereocenters. The first-order chi connectivity index (χ1) is 10.1. The largest absolute Gasteiger partial charge is 0.356 e. The van der Waals surface area contributed by atoms with Crippen LogP contribution in [0.15, 0.2) is 30.3 Å². The number of nitrogens with two attached hydrogens (primary N) is 1. The van der Waals surface area contributed by atoms with E-state index in [1.807, 2.05) is 37.3 Å². The Balaban J connectivity index is 1.75. The number of aryl methyl sites for hydroxylation is 2. The molecule has 0 saturated carbocycles. The number of rotatable bonds is 6. The molecule has 0 saturated heterocycles. The third kappa shape index (κ3) is 4.65. The fourth-order valence-corrected chi connectivity index (χ4v) is 2.98. The van der Waals surface area contributed by atoms with E-state index in [1.165, 1.54) is 4.88 Å². The van der Waals surface area contributed by atoms with Crippen molar-refractivity contribution < 1.29 is 4.79 Å². The van der Waals surface area contributed by atoms with Gasteiger partial charge in [-0.2, -0.15) is 0 Å². The lowest BCUT2D eigenvalue weighted by Gasteiger charge is -2.11. The molecule has 0 fully saturated rings. The van der Waals surface area contributed by atoms with Crippen molar-refractivity contribution in [2.24, 2.45) is 5.73 Å². The Morgan fingerprint density at radius 1 is 1.33 bits per heavy atom. The summed E-state index contributed by atoms with van der Waals surface area (Å²) in [7, 11) is 0. The molecule has 1 aromatic heterocycles. The zero-order valence-corrected chi connectivity index (χ0v) is 13.2. The minimum atomic E-state index is -0.254. The number of nitrogens with one attached hydrogen (secondary N) is 1. The van der Waals surface area contributed by atoms with Gasteiger partial charge in [-0.3, -0.25) is 4.79 Å². The molecule has 0 spiro atoms. The maximum absolute atomic E-state index is 11.9. The van der Waals surface area contributed by atoms with E-state index < -0.39 is 0 Å². The van der Waals surface area contributed by atoms with Crippen LogP contribution >= 0.6 is 11.3 Å². The zero-order valence-electron chi connectivity index (χ0n) is 12.4. The Bertz CT molecular complexity index is 575. The van der Waals surface area contributed by atoms with Gasteiger partial charge in [-0.05, 0) is 19.4 Å². The number of hydrogen-bond donors (Lipinski definition) is 2. The average molecular weight is 303 g/mol. The SMILES string of the molecule is Cc1nc(CCNC(=O)CC(N)c2ccccc2)sc1C. The van der Waals surface area contributed by atoms with E-state index in [0.29, 0.717) is 13.0 Å². The van der Waals surface area contributed by atoms with Crippen molar-refractivity contribution in [2.45, 2.75) is 32.7 Å². The number of amides is 1. The molecular weight excluding hydrogens is 282 g/mol. The molecule has 1 aromatic carbocycles. The molecule has 112 valence electrons. The van der Waals surface area contributed by atoms with Gasteiger partial charge in [0.05, 0.1) is 10.7 Å². The molecule has 0 aliphatic carbocycles. The molecule has 1 heterocycles. The van der Waals surface area contributed by atoms with E-state index in [0.717, 1.165) is 22.7 Å². The van der Waals surface area contributed by atoms with Gasteiger partial charge < -0.3 is 11.1 Å². The summed E-state index contributed by atoms with van der Waals surface area (Å²) in [5.74, 6) is -0.0173. The Labute approximate surface area is 129 Å². The molecule has 2 rings (SSSR count). The lowest BCUT2D eigenvalue weighted by molar-refractivity contribution is -0.121. The Morgan fingerprint density at radius 3 is 2.67 bits per heavy atom. The normalized spacial score (nSPS) is 12.1. The second-order valence-corrected chi connectivity index (χ2v) is 6.36. The van der Waals surface area contributed by atoms with Gasteiger partial charge in [0.2, 0.25) is 5.91 Å². The Hall–Kier alpha value is -1.72. The van der Waals surface area contributed by atoms with Crippen molar-refractivity contribution in [3.8, 4) is 0 Å². The molecule has 0 aliphatic rings. The molecule has 1 amide bonds. The van der Waals surface area contributed by atoms with Crippen LogP contribution < -0.4 is 11.1 Å². The fraction of sp³-hybridized carbons (Fsp3) is 0.375. The van der Waals surface area contributed by atoms with Crippen LogP contribution in [0.5, 0.6) is 0 Å². The van der Waals surface area contributed by atoms with Crippen LogP contribution in [0.1, 0.15) is 33.6 Å². The number of carbonyl (C=O) groups is 1. The average Bonchev–Trinajstić information content (AvgIpc) is 2.78. The van der Waals surface area contributed by atoms with Crippen LogP contribution in [0.3, 0.4) is 0 Å². The fourth-order valence-electron chi connectivity index (χ4n) is 2.04. The van der Waals surface area contributed by atoms with Gasteiger partial charge in [-0.15, -0.1) is 11.3 Å². The minimum absolute atomic E-state index is 0.0173. The summed E-state index contributed by atoms with van der Waals surface area (Å²) < 4.78 is 0. The zero-order chi connectivity index (χ0) is 15.2. The maximum Gasteiger partial charge on any atom is 0.221 e. The second kappa shape index (κ2) is 7.33. The third-order valence-electron chi connectivity index (χ3n) is 3.37. The standard InChI is InChI=1S/C16H21N3OS/c1-11-12(2)21-16(19-11)8-9-18-15(20)10-14(17)13-6-4-3-5-7-13/h3-7,14H,8-10,17H2,1-2H3,(H,18,20). The van der Waals surface area contributed by atoms with Crippen molar-refractivity contribution in [1.29, 1.82) is 0 Å². The molecule has 21 heavy (non-hydrogen) atoms. The number of carbonyl (C=O) groups excluding carboxylic acids is 1. The van der Waals surface area contributed by atoms with Crippen LogP contribution in [-0.2, 0) is 11.2 Å². The first-order valence-corrected chi connectivity index (χ1v) is 7.88. The highest BCUT2D eigenvalue weighted by Crippen LogP contribution is 2.16. The maximum atomic E-state index is 11.9. The number of thiazole rings is 1. The van der Waals surface area contributed by atoms with Crippen molar-refractivity contribution in [2.75, 3.05) is 6.54 Å². The van der Waals surface area contributed by atoms with Gasteiger partial charge >= 0.3 is 0 Å². The van der Waals surface area contributed by atoms with Gasteiger partial charge in [-0.1, -0.05) is 30.3 Å². The monoisotopic (exact) mass is 303 g/mol. The lowest BCUT2D eigenvalue weighted by atomic mass is 10.0. The summed E-state index contributed by atoms with van der Waals surface area (Å²) >= 11 is 1.69. The lowest BCUT2D eigenvalue weighted by Crippen LogP contribution is -2.29. The Kier molecular flexibility index (Phi) is 5.47. The number of aromatic nitrogens is 1. The van der Waals surface area contributed by atoms with Crippen molar-refractivity contribution in [3.63, 3.8) is 0 Å². The van der Waals surface area contributed by atoms with Crippen LogP contribution in [0.2, 0.25) is 0 Å². The summed E-state index contributed by atoms with van der Waals surface area (Å²) in [6.07, 6.45) is 1.07. The summed E-state index contributed by atoms with van der Waals surface area (Å²) in [6.45, 7) is 4.67. The van der Waals surface area contributed by atoms with Gasteiger partial charge in [0.25, 0.3) is 0 Å². The van der Waals surface area contributed by atoms with E-state index in [2.05, 4.69) is 17.2 Å². The van der Waals surface area contributed by atoms with E-state index in [-0.39, 0.29) is 11.9 Å². The molecule has 5 heteroatoms. The van der Waals surface area contributed by atoms with Gasteiger partial charge in [0, 0.05) is 30.3 Å². The first-order valence-electron chi connectivity index (χ1n) is 7.06. The minimum Gasteiger partial charge on any atom is -0.356 e. The van der Waals surface area contributed by atoms with E-state index in [4.69, 9.17) is 5.73 Å². The van der Waals surface area contributed by atoms with Crippen LogP contribution in [0.25, 0.3) is 0 Å². The first kappa shape index (κ1) is 15.7. The van der Waals surface area contributed by atoms with Crippen LogP contribution in [-0.4, -0.2) is 17.4 Å². The summed E-state index contributed by atoms with van der Waals surface area (Å²) in [5, 5.41) is 3.98. The summed E-state index contributed by atoms with van der Waals surface area (Å²) in [6, 6.07) is 9.43. The van der Waals surface area contributed by atoms with Crippen LogP contribution in [0.4, 0.5) is 0 Å². The molecule has 3 N–H and O–H groups in total. The highest BCUT2D eigenvalue weighted by Gasteiger charge is 2.11. The molecular formula is C16H21N3OS. The molecule has 4 nitrogen and oxygen atoms in total. The topological polar surface area (TPSA) is 68.0 Å². The predicted molar refractivity (Wildman–Crippen MR) is 86.3 cm³/mol. The van der Waals surface area contributed by atoms with Crippen molar-refractivity contribution >= 4 is 17.2 Å². The smallest absolute Gasteiger partial charge is 0.221 e. The number of hydrogen-bond acceptors (Lipinski definition) is 4. The molecule has 0 bridgehead atoms. The van der Waals surface area contributed by atoms with Gasteiger partial charge in [0.1, 0.15) is 0 Å². The number of benzene rings is 1. The van der Waals surface area contributed by atoms with Crippen LogP contribution in [0, 0.1) is 13.8 Å². The second-order valence-electron chi connectivity index (χ2n) is 5.07. The summed E-state index contributed by atoms with van der Waals surface area (Å²) in [4.78, 5) is 17.6. The molecule has 2 aromatic rings. The molecule has 0 aliphatic heterocycles. The van der Waals surface area contributed by atoms with Gasteiger partial charge in [-0.25, -0.2) is 4.98 Å². The highest BCUT2D eigenvalue weighted by molar-refractivity contribution is 7.11. The highest BCUT2D eigenvalue weighted by atomic mass is 32.1. The quantitative estimate of drug-likeness (QED) is 0.861. The van der Waals surface area contributed by atoms with E-state index >= 15 is 0 Å². The number of nitrogens with zero attached hydrogens (tertiary/aromatic N) is 1.